The van der Waals surface area contributed by atoms with E-state index < -0.39 is 6.29 Å². The average Bonchev–Trinajstić information content (AvgIpc) is 2.57. The average molecular weight is 178 g/mol. The normalized spacial score (nSPS) is 27.2. The molecule has 1 unspecified atom stereocenters. The Balaban J connectivity index is 0.000000189. The molecule has 4 heteroatoms. The Hall–Kier alpha value is -0.160. The summed E-state index contributed by atoms with van der Waals surface area (Å²) >= 11 is 0. The molecule has 0 radical (unpaired) electrons. The molecule has 12 heavy (non-hydrogen) atoms. The Labute approximate surface area is 72.8 Å². The van der Waals surface area contributed by atoms with Gasteiger partial charge in [-0.3, -0.25) is 0 Å². The molecule has 0 aromatic carbocycles. The highest BCUT2D eigenvalue weighted by Crippen LogP contribution is 2.07. The summed E-state index contributed by atoms with van der Waals surface area (Å²) in [7, 11) is 0. The summed E-state index contributed by atoms with van der Waals surface area (Å²) in [4.78, 5) is 0. The van der Waals surface area contributed by atoms with E-state index in [4.69, 9.17) is 14.6 Å². The number of hydrogen-bond donors (Lipinski definition) is 1. The quantitative estimate of drug-likeness (QED) is 0.571. The molecule has 0 spiro atoms. The SMILES string of the molecule is C1CCOC1.O.OC1CCCO1. The fraction of sp³-hybridized carbons (Fsp3) is 1.00. The highest BCUT2D eigenvalue weighted by Gasteiger charge is 2.09. The van der Waals surface area contributed by atoms with Crippen LogP contribution < -0.4 is 0 Å². The Morgan fingerprint density at radius 1 is 1.00 bits per heavy atom. The van der Waals surface area contributed by atoms with Gasteiger partial charge in [-0.15, -0.1) is 0 Å². The van der Waals surface area contributed by atoms with Gasteiger partial charge in [0, 0.05) is 26.2 Å². The molecule has 0 aromatic heterocycles. The maximum Gasteiger partial charge on any atom is 0.154 e. The van der Waals surface area contributed by atoms with E-state index in [-0.39, 0.29) is 5.48 Å². The van der Waals surface area contributed by atoms with E-state index in [1.807, 2.05) is 0 Å². The van der Waals surface area contributed by atoms with Crippen LogP contribution in [0.25, 0.3) is 0 Å². The van der Waals surface area contributed by atoms with E-state index in [2.05, 4.69) is 0 Å². The molecule has 0 aliphatic carbocycles. The van der Waals surface area contributed by atoms with E-state index in [0.29, 0.717) is 0 Å². The molecule has 2 saturated heterocycles. The molecule has 0 amide bonds. The van der Waals surface area contributed by atoms with Gasteiger partial charge >= 0.3 is 0 Å². The van der Waals surface area contributed by atoms with Crippen molar-refractivity contribution in [2.45, 2.75) is 32.0 Å². The van der Waals surface area contributed by atoms with Crippen molar-refractivity contribution in [3.05, 3.63) is 0 Å². The third-order valence-corrected chi connectivity index (χ3v) is 1.73. The largest absolute Gasteiger partial charge is 0.412 e. The minimum absolute atomic E-state index is 0. The van der Waals surface area contributed by atoms with E-state index in [1.165, 1.54) is 12.8 Å². The van der Waals surface area contributed by atoms with Gasteiger partial charge in [0.15, 0.2) is 6.29 Å². The molecule has 0 saturated carbocycles. The third kappa shape index (κ3) is 5.49. The molecule has 0 bridgehead atoms. The van der Waals surface area contributed by atoms with Crippen LogP contribution in [-0.4, -0.2) is 36.7 Å². The summed E-state index contributed by atoms with van der Waals surface area (Å²) in [5, 5.41) is 8.51. The molecule has 2 rings (SSSR count). The van der Waals surface area contributed by atoms with Crippen LogP contribution in [0.5, 0.6) is 0 Å². The summed E-state index contributed by atoms with van der Waals surface area (Å²) in [5.41, 5.74) is 0. The van der Waals surface area contributed by atoms with Crippen molar-refractivity contribution in [1.29, 1.82) is 0 Å². The second-order valence-electron chi connectivity index (χ2n) is 2.79. The second kappa shape index (κ2) is 7.49. The highest BCUT2D eigenvalue weighted by molar-refractivity contribution is 4.49. The van der Waals surface area contributed by atoms with Gasteiger partial charge in [-0.2, -0.15) is 0 Å². The number of aliphatic hydroxyl groups excluding tert-OH is 1. The second-order valence-corrected chi connectivity index (χ2v) is 2.79. The smallest absolute Gasteiger partial charge is 0.154 e. The summed E-state index contributed by atoms with van der Waals surface area (Å²) in [5.74, 6) is 0. The maximum absolute atomic E-state index is 8.51. The van der Waals surface area contributed by atoms with Crippen LogP contribution in [0.4, 0.5) is 0 Å². The Morgan fingerprint density at radius 2 is 1.67 bits per heavy atom. The number of rotatable bonds is 0. The number of hydrogen-bond acceptors (Lipinski definition) is 3. The lowest BCUT2D eigenvalue weighted by Crippen LogP contribution is -1.99. The van der Waals surface area contributed by atoms with Crippen molar-refractivity contribution in [2.24, 2.45) is 0 Å². The molecular formula is C8H18O4. The minimum atomic E-state index is -0.454. The first-order valence-electron chi connectivity index (χ1n) is 4.27. The molecule has 4 nitrogen and oxygen atoms in total. The van der Waals surface area contributed by atoms with Crippen molar-refractivity contribution in [3.8, 4) is 0 Å². The monoisotopic (exact) mass is 178 g/mol. The summed E-state index contributed by atoms with van der Waals surface area (Å²) in [6, 6.07) is 0. The van der Waals surface area contributed by atoms with Gasteiger partial charge in [-0.1, -0.05) is 0 Å². The minimum Gasteiger partial charge on any atom is -0.412 e. The van der Waals surface area contributed by atoms with E-state index >= 15 is 0 Å². The molecular weight excluding hydrogens is 160 g/mol. The van der Waals surface area contributed by atoms with Crippen LogP contribution in [0, 0.1) is 0 Å². The Kier molecular flexibility index (Phi) is 7.39. The third-order valence-electron chi connectivity index (χ3n) is 1.73. The van der Waals surface area contributed by atoms with Crippen LogP contribution in [-0.2, 0) is 9.47 Å². The van der Waals surface area contributed by atoms with Crippen molar-refractivity contribution < 1.29 is 20.1 Å². The van der Waals surface area contributed by atoms with Gasteiger partial charge in [0.1, 0.15) is 0 Å². The molecule has 1 atom stereocenters. The van der Waals surface area contributed by atoms with Crippen LogP contribution in [0.15, 0.2) is 0 Å². The van der Waals surface area contributed by atoms with Crippen molar-refractivity contribution in [2.75, 3.05) is 19.8 Å². The molecule has 2 fully saturated rings. The molecule has 3 N–H and O–H groups in total. The summed E-state index contributed by atoms with van der Waals surface area (Å²) in [6.45, 7) is 2.74. The molecule has 74 valence electrons. The van der Waals surface area contributed by atoms with Crippen LogP contribution in [0.2, 0.25) is 0 Å². The Morgan fingerprint density at radius 3 is 1.83 bits per heavy atom. The predicted octanol–water partition coefficient (Wildman–Crippen LogP) is 0.0873. The van der Waals surface area contributed by atoms with Gasteiger partial charge in [-0.25, -0.2) is 0 Å². The predicted molar refractivity (Wildman–Crippen MR) is 44.9 cm³/mol. The summed E-state index contributed by atoms with van der Waals surface area (Å²) in [6.07, 6.45) is 3.94. The Bertz CT molecular complexity index is 79.4. The fourth-order valence-electron chi connectivity index (χ4n) is 1.07. The van der Waals surface area contributed by atoms with Gasteiger partial charge in [0.25, 0.3) is 0 Å². The van der Waals surface area contributed by atoms with Gasteiger partial charge < -0.3 is 20.1 Å². The lowest BCUT2D eigenvalue weighted by atomic mass is 10.4. The van der Waals surface area contributed by atoms with Crippen LogP contribution in [0.1, 0.15) is 25.7 Å². The topological polar surface area (TPSA) is 70.2 Å². The van der Waals surface area contributed by atoms with Crippen molar-refractivity contribution in [3.63, 3.8) is 0 Å². The van der Waals surface area contributed by atoms with Crippen molar-refractivity contribution in [1.82, 2.24) is 0 Å². The summed E-state index contributed by atoms with van der Waals surface area (Å²) < 4.78 is 9.65. The zero-order valence-electron chi connectivity index (χ0n) is 7.29. The highest BCUT2D eigenvalue weighted by atomic mass is 16.6. The first kappa shape index (κ1) is 11.8. The molecule has 2 heterocycles. The van der Waals surface area contributed by atoms with E-state index in [0.717, 1.165) is 32.7 Å². The van der Waals surface area contributed by atoms with Gasteiger partial charge in [0.05, 0.1) is 0 Å². The lowest BCUT2D eigenvalue weighted by molar-refractivity contribution is -0.0589. The molecule has 2 aliphatic rings. The van der Waals surface area contributed by atoms with Crippen LogP contribution in [0.3, 0.4) is 0 Å². The van der Waals surface area contributed by atoms with E-state index in [1.54, 1.807) is 0 Å². The lowest BCUT2D eigenvalue weighted by Gasteiger charge is -1.93. The number of aliphatic hydroxyl groups is 1. The van der Waals surface area contributed by atoms with E-state index in [9.17, 15) is 0 Å². The van der Waals surface area contributed by atoms with Crippen LogP contribution >= 0.6 is 0 Å². The fourth-order valence-corrected chi connectivity index (χ4v) is 1.07. The standard InChI is InChI=1S/C4H8O2.C4H8O.H2O/c5-4-2-1-3-6-4;1-2-4-5-3-1;/h4-5H,1-3H2;1-4H2;1H2. The first-order chi connectivity index (χ1) is 5.39. The van der Waals surface area contributed by atoms with Gasteiger partial charge in [-0.05, 0) is 19.3 Å². The maximum atomic E-state index is 8.51. The number of ether oxygens (including phenoxy) is 2. The van der Waals surface area contributed by atoms with Crippen molar-refractivity contribution >= 4 is 0 Å². The zero-order valence-corrected chi connectivity index (χ0v) is 7.29. The molecule has 0 aromatic rings. The zero-order chi connectivity index (χ0) is 7.94. The molecule has 2 aliphatic heterocycles. The first-order valence-corrected chi connectivity index (χ1v) is 4.27. The van der Waals surface area contributed by atoms with Gasteiger partial charge in [0.2, 0.25) is 0 Å².